The lowest BCUT2D eigenvalue weighted by molar-refractivity contribution is -0.135. The fourth-order valence-corrected chi connectivity index (χ4v) is 5.43. The van der Waals surface area contributed by atoms with Crippen LogP contribution in [-0.2, 0) is 9.53 Å². The molecule has 1 atom stereocenters. The summed E-state index contributed by atoms with van der Waals surface area (Å²) >= 11 is 0. The van der Waals surface area contributed by atoms with E-state index >= 15 is 0 Å². The maximum Gasteiger partial charge on any atom is 0.321 e. The molecule has 2 heterocycles. The van der Waals surface area contributed by atoms with Crippen LogP contribution < -0.4 is 5.32 Å². The van der Waals surface area contributed by atoms with Crippen LogP contribution in [0.2, 0.25) is 0 Å². The molecule has 4 rings (SSSR count). The average Bonchev–Trinajstić information content (AvgIpc) is 3.12. The van der Waals surface area contributed by atoms with Crippen LogP contribution >= 0.6 is 0 Å². The molecule has 3 fully saturated rings. The monoisotopic (exact) mass is 417 g/mol. The van der Waals surface area contributed by atoms with Gasteiger partial charge >= 0.3 is 6.03 Å². The molecule has 1 saturated carbocycles. The highest BCUT2D eigenvalue weighted by molar-refractivity contribution is 5.89. The SMILES string of the molecule is O=C(CCC1CN(C(=O)Nc2ccccc2F)CC12CCCCC2)N1CCOCC1. The number of nitrogens with one attached hydrogen (secondary N) is 1. The third-order valence-corrected chi connectivity index (χ3v) is 7.14. The van der Waals surface area contributed by atoms with Crippen molar-refractivity contribution in [1.29, 1.82) is 0 Å². The number of ether oxygens (including phenoxy) is 1. The Morgan fingerprint density at radius 1 is 1.10 bits per heavy atom. The number of para-hydroxylation sites is 1. The number of nitrogens with zero attached hydrogens (tertiary/aromatic N) is 2. The maximum atomic E-state index is 14.0. The second kappa shape index (κ2) is 9.33. The number of likely N-dealkylation sites (tertiary alicyclic amines) is 1. The van der Waals surface area contributed by atoms with Gasteiger partial charge in [0.25, 0.3) is 0 Å². The first-order valence-corrected chi connectivity index (χ1v) is 11.2. The summed E-state index contributed by atoms with van der Waals surface area (Å²) in [5.41, 5.74) is 0.307. The molecule has 1 N–H and O–H groups in total. The smallest absolute Gasteiger partial charge is 0.321 e. The van der Waals surface area contributed by atoms with E-state index < -0.39 is 5.82 Å². The Morgan fingerprint density at radius 3 is 2.57 bits per heavy atom. The highest BCUT2D eigenvalue weighted by Gasteiger charge is 2.48. The highest BCUT2D eigenvalue weighted by Crippen LogP contribution is 2.49. The fourth-order valence-electron chi connectivity index (χ4n) is 5.43. The standard InChI is InChI=1S/C23H32FN3O3/c24-19-6-2-3-7-20(19)25-22(29)27-16-18(23(17-27)10-4-1-5-11-23)8-9-21(28)26-12-14-30-15-13-26/h2-3,6-7,18H,1,4-5,8-17H2,(H,25,29). The van der Waals surface area contributed by atoms with Gasteiger partial charge in [-0.2, -0.15) is 0 Å². The first kappa shape index (κ1) is 21.1. The van der Waals surface area contributed by atoms with Crippen LogP contribution in [0.15, 0.2) is 24.3 Å². The van der Waals surface area contributed by atoms with Crippen molar-refractivity contribution in [3.8, 4) is 0 Å². The lowest BCUT2D eigenvalue weighted by atomic mass is 9.66. The molecule has 164 valence electrons. The van der Waals surface area contributed by atoms with Gasteiger partial charge in [0.15, 0.2) is 0 Å². The van der Waals surface area contributed by atoms with Crippen LogP contribution in [0.3, 0.4) is 0 Å². The third kappa shape index (κ3) is 4.61. The maximum absolute atomic E-state index is 14.0. The number of benzene rings is 1. The van der Waals surface area contributed by atoms with E-state index in [4.69, 9.17) is 4.74 Å². The molecule has 2 aliphatic heterocycles. The number of morpholine rings is 1. The van der Waals surface area contributed by atoms with Crippen LogP contribution in [0, 0.1) is 17.2 Å². The summed E-state index contributed by atoms with van der Waals surface area (Å²) < 4.78 is 19.3. The number of amides is 3. The Kier molecular flexibility index (Phi) is 6.56. The molecule has 3 amide bonds. The van der Waals surface area contributed by atoms with E-state index in [-0.39, 0.29) is 23.0 Å². The molecule has 7 heteroatoms. The number of anilines is 1. The van der Waals surface area contributed by atoms with Gasteiger partial charge in [0.1, 0.15) is 5.82 Å². The van der Waals surface area contributed by atoms with Crippen LogP contribution in [0.1, 0.15) is 44.9 Å². The molecule has 0 aromatic heterocycles. The van der Waals surface area contributed by atoms with Crippen molar-refractivity contribution >= 4 is 17.6 Å². The van der Waals surface area contributed by atoms with Gasteiger partial charge < -0.3 is 19.9 Å². The Hall–Kier alpha value is -2.15. The highest BCUT2D eigenvalue weighted by atomic mass is 19.1. The zero-order chi connectivity index (χ0) is 21.0. The van der Waals surface area contributed by atoms with Crippen LogP contribution in [0.4, 0.5) is 14.9 Å². The first-order chi connectivity index (χ1) is 14.6. The molecule has 0 radical (unpaired) electrons. The molecule has 1 unspecified atom stereocenters. The van der Waals surface area contributed by atoms with E-state index in [9.17, 15) is 14.0 Å². The predicted molar refractivity (Wildman–Crippen MR) is 113 cm³/mol. The lowest BCUT2D eigenvalue weighted by Gasteiger charge is -2.38. The van der Waals surface area contributed by atoms with Gasteiger partial charge in [-0.25, -0.2) is 9.18 Å². The number of hydrogen-bond donors (Lipinski definition) is 1. The van der Waals surface area contributed by atoms with E-state index in [0.717, 1.165) is 19.3 Å². The van der Waals surface area contributed by atoms with Crippen molar-refractivity contribution < 1.29 is 18.7 Å². The number of halogens is 1. The molecule has 0 bridgehead atoms. The number of carbonyl (C=O) groups is 2. The Balaban J connectivity index is 1.40. The van der Waals surface area contributed by atoms with Gasteiger partial charge in [0, 0.05) is 32.6 Å². The largest absolute Gasteiger partial charge is 0.378 e. The van der Waals surface area contributed by atoms with Gasteiger partial charge in [0.05, 0.1) is 18.9 Å². The lowest BCUT2D eigenvalue weighted by Crippen LogP contribution is -2.41. The van der Waals surface area contributed by atoms with E-state index in [1.165, 1.54) is 25.3 Å². The average molecular weight is 418 g/mol. The fraction of sp³-hybridized carbons (Fsp3) is 0.652. The molecular formula is C23H32FN3O3. The van der Waals surface area contributed by atoms with Crippen molar-refractivity contribution in [1.82, 2.24) is 9.80 Å². The number of carbonyl (C=O) groups excluding carboxylic acids is 2. The van der Waals surface area contributed by atoms with E-state index in [0.29, 0.717) is 51.7 Å². The van der Waals surface area contributed by atoms with E-state index in [2.05, 4.69) is 5.32 Å². The third-order valence-electron chi connectivity index (χ3n) is 7.14. The van der Waals surface area contributed by atoms with Crippen LogP contribution in [0.5, 0.6) is 0 Å². The second-order valence-electron chi connectivity index (χ2n) is 8.94. The molecule has 1 aromatic rings. The molecule has 6 nitrogen and oxygen atoms in total. The first-order valence-electron chi connectivity index (χ1n) is 11.2. The summed E-state index contributed by atoms with van der Waals surface area (Å²) in [5.74, 6) is 0.0813. The Bertz CT molecular complexity index is 760. The number of urea groups is 1. The van der Waals surface area contributed by atoms with Crippen molar-refractivity contribution in [3.05, 3.63) is 30.1 Å². The van der Waals surface area contributed by atoms with Crippen molar-refractivity contribution in [2.75, 3.05) is 44.7 Å². The molecule has 1 spiro atoms. The van der Waals surface area contributed by atoms with Crippen LogP contribution in [-0.4, -0.2) is 61.1 Å². The summed E-state index contributed by atoms with van der Waals surface area (Å²) in [4.78, 5) is 29.3. The van der Waals surface area contributed by atoms with Crippen molar-refractivity contribution in [3.63, 3.8) is 0 Å². The van der Waals surface area contributed by atoms with Gasteiger partial charge in [-0.1, -0.05) is 31.4 Å². The molecular weight excluding hydrogens is 385 g/mol. The molecule has 30 heavy (non-hydrogen) atoms. The second-order valence-corrected chi connectivity index (χ2v) is 8.94. The summed E-state index contributed by atoms with van der Waals surface area (Å²) in [6.07, 6.45) is 7.13. The zero-order valence-corrected chi connectivity index (χ0v) is 17.6. The van der Waals surface area contributed by atoms with Crippen LogP contribution in [0.25, 0.3) is 0 Å². The molecule has 2 saturated heterocycles. The minimum atomic E-state index is -0.426. The Labute approximate surface area is 177 Å². The van der Waals surface area contributed by atoms with Crippen molar-refractivity contribution in [2.45, 2.75) is 44.9 Å². The van der Waals surface area contributed by atoms with Crippen molar-refractivity contribution in [2.24, 2.45) is 11.3 Å². The number of hydrogen-bond acceptors (Lipinski definition) is 3. The summed E-state index contributed by atoms with van der Waals surface area (Å²) in [6, 6.07) is 6.01. The minimum Gasteiger partial charge on any atom is -0.378 e. The summed E-state index contributed by atoms with van der Waals surface area (Å²) in [6.45, 7) is 3.91. The summed E-state index contributed by atoms with van der Waals surface area (Å²) in [7, 11) is 0. The molecule has 1 aliphatic carbocycles. The zero-order valence-electron chi connectivity index (χ0n) is 17.6. The van der Waals surface area contributed by atoms with Gasteiger partial charge in [-0.3, -0.25) is 4.79 Å². The molecule has 1 aromatic carbocycles. The topological polar surface area (TPSA) is 61.9 Å². The normalized spacial score (nSPS) is 23.6. The van der Waals surface area contributed by atoms with E-state index in [1.54, 1.807) is 18.2 Å². The Morgan fingerprint density at radius 2 is 1.83 bits per heavy atom. The minimum absolute atomic E-state index is 0.0934. The quantitative estimate of drug-likeness (QED) is 0.809. The van der Waals surface area contributed by atoms with Gasteiger partial charge in [-0.15, -0.1) is 0 Å². The van der Waals surface area contributed by atoms with Gasteiger partial charge in [0.2, 0.25) is 5.91 Å². The van der Waals surface area contributed by atoms with E-state index in [1.807, 2.05) is 9.80 Å². The van der Waals surface area contributed by atoms with Gasteiger partial charge in [-0.05, 0) is 42.7 Å². The predicted octanol–water partition coefficient (Wildman–Crippen LogP) is 3.88. The molecule has 3 aliphatic rings. The number of rotatable bonds is 4. The summed E-state index contributed by atoms with van der Waals surface area (Å²) in [5, 5.41) is 2.73.